The number of phosphoric acid groups is 1. The molecule has 0 saturated carbocycles. The topological polar surface area (TPSA) is 63.0 Å². The molecule has 1 aromatic rings. The van der Waals surface area contributed by atoms with E-state index >= 15 is 0 Å². The van der Waals surface area contributed by atoms with Gasteiger partial charge in [0.05, 0.1) is 20.7 Å². The van der Waals surface area contributed by atoms with Gasteiger partial charge in [-0.2, -0.15) is 0 Å². The van der Waals surface area contributed by atoms with Gasteiger partial charge in [0.25, 0.3) is 7.82 Å². The molecule has 1 rings (SSSR count). The number of hydrogen-bond acceptors (Lipinski definition) is 4. The summed E-state index contributed by atoms with van der Waals surface area (Å²) in [6.07, 6.45) is 4.08. The van der Waals surface area contributed by atoms with Gasteiger partial charge in [0.1, 0.15) is 13.2 Å². The Labute approximate surface area is 154 Å². The van der Waals surface area contributed by atoms with Gasteiger partial charge in [0.2, 0.25) is 0 Å². The standard InChI is InChI=1S/C15H26NO4P.C4H10/c1-13-7-8-15(12-14(13)2)6-5-10-19-21(17,18)20-11-9-16(3)4;1-3-4-2/h7-8,12H,5-6,9-11H2,1-4H3,(H,17,18);3-4H2,1-2H3. The highest BCUT2D eigenvalue weighted by Crippen LogP contribution is 2.37. The van der Waals surface area contributed by atoms with Crippen LogP contribution >= 0.6 is 7.82 Å². The molecule has 6 heteroatoms. The average Bonchev–Trinajstić information content (AvgIpc) is 2.54. The molecule has 0 aliphatic carbocycles. The lowest BCUT2D eigenvalue weighted by Crippen LogP contribution is -3.06. The van der Waals surface area contributed by atoms with Crippen molar-refractivity contribution in [2.75, 3.05) is 33.9 Å². The fourth-order valence-electron chi connectivity index (χ4n) is 1.81. The van der Waals surface area contributed by atoms with Crippen LogP contribution in [0.3, 0.4) is 0 Å². The van der Waals surface area contributed by atoms with Gasteiger partial charge in [-0.3, -0.25) is 4.57 Å². The van der Waals surface area contributed by atoms with E-state index in [2.05, 4.69) is 45.9 Å². The van der Waals surface area contributed by atoms with Crippen molar-refractivity contribution < 1.29 is 23.4 Å². The number of benzene rings is 1. The van der Waals surface area contributed by atoms with Gasteiger partial charge in [-0.15, -0.1) is 0 Å². The van der Waals surface area contributed by atoms with E-state index in [0.29, 0.717) is 13.0 Å². The molecule has 0 spiro atoms. The van der Waals surface area contributed by atoms with Gasteiger partial charge < -0.3 is 18.8 Å². The molecule has 0 aromatic heterocycles. The summed E-state index contributed by atoms with van der Waals surface area (Å²) in [5.74, 6) is 0. The third-order valence-electron chi connectivity index (χ3n) is 3.78. The van der Waals surface area contributed by atoms with E-state index in [9.17, 15) is 9.46 Å². The van der Waals surface area contributed by atoms with Crippen molar-refractivity contribution in [3.8, 4) is 0 Å². The van der Waals surface area contributed by atoms with Gasteiger partial charge in [-0.1, -0.05) is 44.9 Å². The average molecular weight is 373 g/mol. The number of phosphoric ester groups is 1. The minimum absolute atomic E-state index is 0.153. The molecular weight excluding hydrogens is 337 g/mol. The smallest absolute Gasteiger partial charge is 0.268 e. The number of quaternary nitrogens is 1. The summed E-state index contributed by atoms with van der Waals surface area (Å²) < 4.78 is 21.1. The fraction of sp³-hybridized carbons (Fsp3) is 0.684. The van der Waals surface area contributed by atoms with Crippen LogP contribution in [0, 0.1) is 13.8 Å². The first kappa shape index (κ1) is 24.3. The number of aryl methyl sites for hydroxylation is 3. The quantitative estimate of drug-likeness (QED) is 0.506. The summed E-state index contributed by atoms with van der Waals surface area (Å²) in [7, 11) is -0.283. The monoisotopic (exact) mass is 373 g/mol. The number of nitrogens with one attached hydrogen (secondary N) is 1. The third kappa shape index (κ3) is 13.2. The fourth-order valence-corrected chi connectivity index (χ4v) is 2.55. The SMILES string of the molecule is CCCC.Cc1ccc(CCCOP(=O)([O-])OCC[NH+](C)C)cc1C. The lowest BCUT2D eigenvalue weighted by molar-refractivity contribution is -0.858. The van der Waals surface area contributed by atoms with Crippen molar-refractivity contribution in [1.82, 2.24) is 0 Å². The molecule has 0 amide bonds. The van der Waals surface area contributed by atoms with Crippen molar-refractivity contribution in [3.63, 3.8) is 0 Å². The van der Waals surface area contributed by atoms with Crippen molar-refractivity contribution in [1.29, 1.82) is 0 Å². The second-order valence-corrected chi connectivity index (χ2v) is 8.00. The van der Waals surface area contributed by atoms with Gasteiger partial charge in [-0.25, -0.2) is 0 Å². The zero-order valence-electron chi connectivity index (χ0n) is 16.8. The van der Waals surface area contributed by atoms with Crippen LogP contribution < -0.4 is 9.79 Å². The number of rotatable bonds is 10. The van der Waals surface area contributed by atoms with E-state index < -0.39 is 7.82 Å². The molecule has 0 radical (unpaired) electrons. The van der Waals surface area contributed by atoms with Crippen LogP contribution in [-0.2, 0) is 20.0 Å². The molecule has 0 fully saturated rings. The molecule has 0 aliphatic heterocycles. The molecule has 0 saturated heterocycles. The Morgan fingerprint density at radius 1 is 1.04 bits per heavy atom. The number of likely N-dealkylation sites (N-methyl/N-ethyl adjacent to an activating group) is 1. The van der Waals surface area contributed by atoms with Crippen molar-refractivity contribution >= 4 is 7.82 Å². The highest BCUT2D eigenvalue weighted by molar-refractivity contribution is 7.45. The molecule has 25 heavy (non-hydrogen) atoms. The number of unbranched alkanes of at least 4 members (excludes halogenated alkanes) is 1. The molecule has 1 atom stereocenters. The lowest BCUT2D eigenvalue weighted by Gasteiger charge is -2.22. The zero-order valence-corrected chi connectivity index (χ0v) is 17.7. The largest absolute Gasteiger partial charge is 0.756 e. The van der Waals surface area contributed by atoms with Gasteiger partial charge in [0.15, 0.2) is 0 Å². The van der Waals surface area contributed by atoms with Crippen LogP contribution in [-0.4, -0.2) is 33.9 Å². The van der Waals surface area contributed by atoms with E-state index in [-0.39, 0.29) is 13.2 Å². The Morgan fingerprint density at radius 2 is 1.64 bits per heavy atom. The molecule has 5 nitrogen and oxygen atoms in total. The van der Waals surface area contributed by atoms with E-state index in [0.717, 1.165) is 11.3 Å². The summed E-state index contributed by atoms with van der Waals surface area (Å²) in [4.78, 5) is 12.6. The minimum Gasteiger partial charge on any atom is -0.756 e. The summed E-state index contributed by atoms with van der Waals surface area (Å²) in [6.45, 7) is 9.44. The highest BCUT2D eigenvalue weighted by Gasteiger charge is 2.10. The second kappa shape index (κ2) is 13.5. The summed E-state index contributed by atoms with van der Waals surface area (Å²) in [5.41, 5.74) is 3.70. The minimum atomic E-state index is -4.15. The van der Waals surface area contributed by atoms with Gasteiger partial charge in [-0.05, 0) is 43.4 Å². The van der Waals surface area contributed by atoms with Crippen molar-refractivity contribution in [2.24, 2.45) is 0 Å². The maximum absolute atomic E-state index is 11.5. The van der Waals surface area contributed by atoms with Crippen molar-refractivity contribution in [2.45, 2.75) is 53.4 Å². The summed E-state index contributed by atoms with van der Waals surface area (Å²) in [6, 6.07) is 6.27. The lowest BCUT2D eigenvalue weighted by atomic mass is 10.0. The maximum atomic E-state index is 11.5. The van der Waals surface area contributed by atoms with E-state index in [4.69, 9.17) is 9.05 Å². The van der Waals surface area contributed by atoms with E-state index in [1.165, 1.54) is 29.5 Å². The Morgan fingerprint density at radius 3 is 2.16 bits per heavy atom. The molecule has 0 heterocycles. The second-order valence-electron chi connectivity index (χ2n) is 6.59. The van der Waals surface area contributed by atoms with Gasteiger partial charge >= 0.3 is 0 Å². The van der Waals surface area contributed by atoms with Crippen LogP contribution in [0.4, 0.5) is 0 Å². The summed E-state index contributed by atoms with van der Waals surface area (Å²) in [5, 5.41) is 0. The van der Waals surface area contributed by atoms with Crippen molar-refractivity contribution in [3.05, 3.63) is 34.9 Å². The van der Waals surface area contributed by atoms with Gasteiger partial charge in [0, 0.05) is 0 Å². The van der Waals surface area contributed by atoms with Crippen LogP contribution in [0.25, 0.3) is 0 Å². The molecule has 0 bridgehead atoms. The maximum Gasteiger partial charge on any atom is 0.268 e. The first-order chi connectivity index (χ1) is 11.7. The van der Waals surface area contributed by atoms with Crippen LogP contribution in [0.1, 0.15) is 49.8 Å². The first-order valence-electron chi connectivity index (χ1n) is 9.17. The predicted octanol–water partition coefficient (Wildman–Crippen LogP) is 2.69. The third-order valence-corrected chi connectivity index (χ3v) is 4.78. The Kier molecular flexibility index (Phi) is 13.1. The Bertz CT molecular complexity index is 518. The Hall–Kier alpha value is -0.710. The van der Waals surface area contributed by atoms with Crippen LogP contribution in [0.5, 0.6) is 0 Å². The van der Waals surface area contributed by atoms with E-state index in [1.807, 2.05) is 14.1 Å². The van der Waals surface area contributed by atoms with E-state index in [1.54, 1.807) is 0 Å². The highest BCUT2D eigenvalue weighted by atomic mass is 31.2. The molecule has 1 aromatic carbocycles. The number of hydrogen-bond donors (Lipinski definition) is 1. The summed E-state index contributed by atoms with van der Waals surface area (Å²) >= 11 is 0. The molecule has 1 unspecified atom stereocenters. The molecule has 146 valence electrons. The molecule has 1 N–H and O–H groups in total. The predicted molar refractivity (Wildman–Crippen MR) is 102 cm³/mol. The molecule has 0 aliphatic rings. The van der Waals surface area contributed by atoms with Crippen LogP contribution in [0.15, 0.2) is 18.2 Å². The molecular formula is C19H36NO4P. The first-order valence-corrected chi connectivity index (χ1v) is 10.6. The van der Waals surface area contributed by atoms with Crippen LogP contribution in [0.2, 0.25) is 0 Å². The normalized spacial score (nSPS) is 13.3. The zero-order chi connectivity index (χ0) is 19.3. The Balaban J connectivity index is 0.00000129.